The predicted molar refractivity (Wildman–Crippen MR) is 92.7 cm³/mol. The highest BCUT2D eigenvalue weighted by molar-refractivity contribution is 5.85. The smallest absolute Gasteiger partial charge is 0.223 e. The molecule has 0 unspecified atom stereocenters. The topological polar surface area (TPSA) is 62.8 Å². The summed E-state index contributed by atoms with van der Waals surface area (Å²) in [6.07, 6.45) is 0.369. The minimum atomic E-state index is 0. The molecule has 0 aromatic heterocycles. The molecular formula is C16H26ClN3O3. The van der Waals surface area contributed by atoms with Gasteiger partial charge in [-0.05, 0) is 24.3 Å². The van der Waals surface area contributed by atoms with Crippen molar-refractivity contribution in [2.75, 3.05) is 53.0 Å². The van der Waals surface area contributed by atoms with E-state index in [2.05, 4.69) is 15.5 Å². The molecule has 1 aromatic carbocycles. The molecule has 1 aliphatic heterocycles. The summed E-state index contributed by atoms with van der Waals surface area (Å²) < 4.78 is 10.6. The Balaban J connectivity index is 0.00000264. The Morgan fingerprint density at radius 1 is 1.22 bits per heavy atom. The maximum atomic E-state index is 11.7. The lowest BCUT2D eigenvalue weighted by atomic mass is 10.3. The number of rotatable bonds is 8. The zero-order chi connectivity index (χ0) is 15.6. The molecule has 2 rings (SSSR count). The lowest BCUT2D eigenvalue weighted by Gasteiger charge is -2.27. The molecule has 6 nitrogen and oxygen atoms in total. The number of nitrogens with zero attached hydrogens (tertiary/aromatic N) is 1. The number of piperazine rings is 1. The molecule has 23 heavy (non-hydrogen) atoms. The van der Waals surface area contributed by atoms with Crippen molar-refractivity contribution < 1.29 is 14.3 Å². The Morgan fingerprint density at radius 2 is 1.87 bits per heavy atom. The molecule has 0 atom stereocenters. The van der Waals surface area contributed by atoms with Crippen LogP contribution >= 0.6 is 12.4 Å². The van der Waals surface area contributed by atoms with Crippen LogP contribution in [0.25, 0.3) is 0 Å². The maximum Gasteiger partial charge on any atom is 0.223 e. The summed E-state index contributed by atoms with van der Waals surface area (Å²) >= 11 is 0. The molecule has 1 amide bonds. The van der Waals surface area contributed by atoms with Gasteiger partial charge in [-0.25, -0.2) is 0 Å². The number of halogens is 1. The van der Waals surface area contributed by atoms with Gasteiger partial charge in [0.1, 0.15) is 11.5 Å². The SMILES string of the molecule is COc1ccc(OCCC(=O)NCCN2CCNCC2)cc1.Cl. The first-order valence-corrected chi connectivity index (χ1v) is 7.74. The van der Waals surface area contributed by atoms with E-state index in [0.29, 0.717) is 19.6 Å². The Hall–Kier alpha value is -1.50. The van der Waals surface area contributed by atoms with Crippen molar-refractivity contribution in [1.82, 2.24) is 15.5 Å². The van der Waals surface area contributed by atoms with Crippen LogP contribution in [0, 0.1) is 0 Å². The van der Waals surface area contributed by atoms with Crippen molar-refractivity contribution in [2.24, 2.45) is 0 Å². The van der Waals surface area contributed by atoms with Crippen LogP contribution in [0.5, 0.6) is 11.5 Å². The van der Waals surface area contributed by atoms with Crippen LogP contribution in [0.15, 0.2) is 24.3 Å². The molecule has 1 aliphatic rings. The number of hydrogen-bond acceptors (Lipinski definition) is 5. The van der Waals surface area contributed by atoms with Gasteiger partial charge in [0.05, 0.1) is 20.1 Å². The zero-order valence-corrected chi connectivity index (χ0v) is 14.4. The van der Waals surface area contributed by atoms with Crippen LogP contribution in [-0.4, -0.2) is 63.8 Å². The highest BCUT2D eigenvalue weighted by Gasteiger charge is 2.09. The number of methoxy groups -OCH3 is 1. The van der Waals surface area contributed by atoms with Crippen LogP contribution < -0.4 is 20.1 Å². The molecule has 7 heteroatoms. The van der Waals surface area contributed by atoms with Gasteiger partial charge >= 0.3 is 0 Å². The zero-order valence-electron chi connectivity index (χ0n) is 13.5. The number of ether oxygens (including phenoxy) is 2. The van der Waals surface area contributed by atoms with Crippen molar-refractivity contribution in [2.45, 2.75) is 6.42 Å². The van der Waals surface area contributed by atoms with E-state index in [1.807, 2.05) is 24.3 Å². The first kappa shape index (κ1) is 19.5. The van der Waals surface area contributed by atoms with Gasteiger partial charge in [0.25, 0.3) is 0 Å². The summed E-state index contributed by atoms with van der Waals surface area (Å²) in [5.74, 6) is 1.57. The van der Waals surface area contributed by atoms with E-state index in [9.17, 15) is 4.79 Å². The van der Waals surface area contributed by atoms with Crippen molar-refractivity contribution >= 4 is 18.3 Å². The quantitative estimate of drug-likeness (QED) is 0.734. The normalized spacial score (nSPS) is 14.7. The van der Waals surface area contributed by atoms with Gasteiger partial charge < -0.3 is 20.1 Å². The lowest BCUT2D eigenvalue weighted by molar-refractivity contribution is -0.121. The monoisotopic (exact) mass is 343 g/mol. The third kappa shape index (κ3) is 7.54. The van der Waals surface area contributed by atoms with E-state index in [-0.39, 0.29) is 18.3 Å². The van der Waals surface area contributed by atoms with Crippen LogP contribution in [0.2, 0.25) is 0 Å². The molecule has 0 spiro atoms. The highest BCUT2D eigenvalue weighted by atomic mass is 35.5. The highest BCUT2D eigenvalue weighted by Crippen LogP contribution is 2.16. The van der Waals surface area contributed by atoms with Crippen molar-refractivity contribution in [3.8, 4) is 11.5 Å². The standard InChI is InChI=1S/C16H25N3O3.ClH/c1-21-14-2-4-15(5-3-14)22-13-6-16(20)18-9-12-19-10-7-17-8-11-19;/h2-5,17H,6-13H2,1H3,(H,18,20);1H. The fourth-order valence-electron chi connectivity index (χ4n) is 2.31. The van der Waals surface area contributed by atoms with Gasteiger partial charge in [0, 0.05) is 39.3 Å². The van der Waals surface area contributed by atoms with Gasteiger partial charge in [0.15, 0.2) is 0 Å². The molecule has 1 heterocycles. The van der Waals surface area contributed by atoms with Gasteiger partial charge in [-0.1, -0.05) is 0 Å². The second-order valence-corrected chi connectivity index (χ2v) is 5.22. The van der Waals surface area contributed by atoms with E-state index in [0.717, 1.165) is 44.2 Å². The fourth-order valence-corrected chi connectivity index (χ4v) is 2.31. The average molecular weight is 344 g/mol. The predicted octanol–water partition coefficient (Wildman–Crippen LogP) is 0.907. The summed E-state index contributed by atoms with van der Waals surface area (Å²) in [6, 6.07) is 7.34. The van der Waals surface area contributed by atoms with Gasteiger partial charge in [0.2, 0.25) is 5.91 Å². The lowest BCUT2D eigenvalue weighted by Crippen LogP contribution is -2.46. The number of benzene rings is 1. The Bertz CT molecular complexity index is 450. The summed E-state index contributed by atoms with van der Waals surface area (Å²) in [5.41, 5.74) is 0. The number of nitrogens with one attached hydrogen (secondary N) is 2. The molecule has 0 saturated carbocycles. The molecule has 0 bridgehead atoms. The van der Waals surface area contributed by atoms with Crippen molar-refractivity contribution in [3.63, 3.8) is 0 Å². The first-order valence-electron chi connectivity index (χ1n) is 7.74. The average Bonchev–Trinajstić information content (AvgIpc) is 2.56. The molecule has 0 aliphatic carbocycles. The molecule has 1 aromatic rings. The number of hydrogen-bond donors (Lipinski definition) is 2. The molecule has 1 saturated heterocycles. The van der Waals surface area contributed by atoms with E-state index in [1.54, 1.807) is 7.11 Å². The van der Waals surface area contributed by atoms with Gasteiger partial charge in [-0.3, -0.25) is 9.69 Å². The molecule has 130 valence electrons. The van der Waals surface area contributed by atoms with Crippen LogP contribution in [0.4, 0.5) is 0 Å². The van der Waals surface area contributed by atoms with Crippen molar-refractivity contribution in [1.29, 1.82) is 0 Å². The third-order valence-electron chi connectivity index (χ3n) is 3.62. The summed E-state index contributed by atoms with van der Waals surface area (Å²) in [5, 5.41) is 6.24. The van der Waals surface area contributed by atoms with E-state index < -0.39 is 0 Å². The Kier molecular flexibility index (Phi) is 9.43. The minimum absolute atomic E-state index is 0. The van der Waals surface area contributed by atoms with E-state index in [1.165, 1.54) is 0 Å². The first-order chi connectivity index (χ1) is 10.8. The molecule has 2 N–H and O–H groups in total. The van der Waals surface area contributed by atoms with Crippen LogP contribution in [-0.2, 0) is 4.79 Å². The maximum absolute atomic E-state index is 11.7. The summed E-state index contributed by atoms with van der Waals surface area (Å²) in [4.78, 5) is 14.1. The van der Waals surface area contributed by atoms with Gasteiger partial charge in [-0.2, -0.15) is 0 Å². The number of carbonyl (C=O) groups is 1. The second kappa shape index (κ2) is 11.1. The van der Waals surface area contributed by atoms with Crippen LogP contribution in [0.3, 0.4) is 0 Å². The number of carbonyl (C=O) groups excluding carboxylic acids is 1. The molecule has 1 fully saturated rings. The molecular weight excluding hydrogens is 318 g/mol. The minimum Gasteiger partial charge on any atom is -0.497 e. The summed E-state index contributed by atoms with van der Waals surface area (Å²) in [6.45, 7) is 6.15. The Labute approximate surface area is 143 Å². The molecule has 0 radical (unpaired) electrons. The van der Waals surface area contributed by atoms with E-state index >= 15 is 0 Å². The van der Waals surface area contributed by atoms with E-state index in [4.69, 9.17) is 9.47 Å². The fraction of sp³-hybridized carbons (Fsp3) is 0.562. The summed E-state index contributed by atoms with van der Waals surface area (Å²) in [7, 11) is 1.63. The Morgan fingerprint density at radius 3 is 2.52 bits per heavy atom. The number of amides is 1. The second-order valence-electron chi connectivity index (χ2n) is 5.22. The largest absolute Gasteiger partial charge is 0.497 e. The van der Waals surface area contributed by atoms with Gasteiger partial charge in [-0.15, -0.1) is 12.4 Å². The van der Waals surface area contributed by atoms with Crippen molar-refractivity contribution in [3.05, 3.63) is 24.3 Å². The van der Waals surface area contributed by atoms with Crippen LogP contribution in [0.1, 0.15) is 6.42 Å². The third-order valence-corrected chi connectivity index (χ3v) is 3.62.